The van der Waals surface area contributed by atoms with E-state index in [1.165, 1.54) is 11.2 Å². The predicted octanol–water partition coefficient (Wildman–Crippen LogP) is 2.32. The average Bonchev–Trinajstić information content (AvgIpc) is 3.34. The minimum absolute atomic E-state index is 0.192. The highest BCUT2D eigenvalue weighted by atomic mass is 16.5. The average molecular weight is 605 g/mol. The topological polar surface area (TPSA) is 161 Å². The van der Waals surface area contributed by atoms with Crippen LogP contribution < -0.4 is 16.0 Å². The normalized spacial score (nSPS) is 16.2. The SMILES string of the molecule is CCCOCCOCCOCCNC(=O)c1cccc2ncnc(Nc3ccc4c(c3)C(=O)N(C3CCC(=O)NC3=O)C4)c12. The molecule has 0 radical (unpaired) electrons. The number of imide groups is 1. The monoisotopic (exact) mass is 604 g/mol. The van der Waals surface area contributed by atoms with Crippen molar-refractivity contribution in [3.05, 3.63) is 59.4 Å². The zero-order valence-corrected chi connectivity index (χ0v) is 24.6. The molecule has 3 aromatic rings. The van der Waals surface area contributed by atoms with Crippen molar-refractivity contribution >= 4 is 46.0 Å². The molecule has 0 saturated carbocycles. The van der Waals surface area contributed by atoms with E-state index in [9.17, 15) is 19.2 Å². The summed E-state index contributed by atoms with van der Waals surface area (Å²) in [7, 11) is 0. The van der Waals surface area contributed by atoms with Crippen LogP contribution in [0.15, 0.2) is 42.7 Å². The molecule has 1 fully saturated rings. The summed E-state index contributed by atoms with van der Waals surface area (Å²) in [5.74, 6) is -0.954. The summed E-state index contributed by atoms with van der Waals surface area (Å²) in [5, 5.41) is 8.96. The minimum atomic E-state index is -0.690. The van der Waals surface area contributed by atoms with Crippen molar-refractivity contribution in [2.24, 2.45) is 0 Å². The summed E-state index contributed by atoms with van der Waals surface area (Å²) < 4.78 is 16.4. The third-order valence-corrected chi connectivity index (χ3v) is 7.32. The molecule has 2 aliphatic heterocycles. The van der Waals surface area contributed by atoms with Crippen molar-refractivity contribution in [2.75, 3.05) is 51.5 Å². The number of nitrogens with zero attached hydrogens (tertiary/aromatic N) is 3. The smallest absolute Gasteiger partial charge is 0.255 e. The maximum Gasteiger partial charge on any atom is 0.255 e. The third kappa shape index (κ3) is 7.36. The van der Waals surface area contributed by atoms with E-state index in [2.05, 4.69) is 32.8 Å². The number of piperidine rings is 1. The molecular formula is C31H36N6O7. The van der Waals surface area contributed by atoms with Crippen LogP contribution in [0.3, 0.4) is 0 Å². The van der Waals surface area contributed by atoms with Crippen LogP contribution in [-0.2, 0) is 30.3 Å². The number of aromatic nitrogens is 2. The van der Waals surface area contributed by atoms with E-state index in [0.29, 0.717) is 79.5 Å². The highest BCUT2D eigenvalue weighted by molar-refractivity contribution is 6.10. The van der Waals surface area contributed by atoms with E-state index in [4.69, 9.17) is 14.2 Å². The van der Waals surface area contributed by atoms with Gasteiger partial charge in [-0.3, -0.25) is 24.5 Å². The highest BCUT2D eigenvalue weighted by Crippen LogP contribution is 2.32. The number of ether oxygens (including phenoxy) is 3. The van der Waals surface area contributed by atoms with Crippen LogP contribution in [0.2, 0.25) is 0 Å². The number of anilines is 2. The molecule has 4 amide bonds. The summed E-state index contributed by atoms with van der Waals surface area (Å²) >= 11 is 0. The Bertz CT molecular complexity index is 1530. The van der Waals surface area contributed by atoms with Crippen molar-refractivity contribution in [3.8, 4) is 0 Å². The maximum atomic E-state index is 13.3. The van der Waals surface area contributed by atoms with Gasteiger partial charge in [0.15, 0.2) is 0 Å². The lowest BCUT2D eigenvalue weighted by molar-refractivity contribution is -0.136. The number of hydrogen-bond donors (Lipinski definition) is 3. The van der Waals surface area contributed by atoms with Gasteiger partial charge in [-0.25, -0.2) is 9.97 Å². The summed E-state index contributed by atoms with van der Waals surface area (Å²) in [6.07, 6.45) is 2.87. The Labute approximate surface area is 254 Å². The van der Waals surface area contributed by atoms with Gasteiger partial charge in [0.25, 0.3) is 11.8 Å². The molecule has 13 heteroatoms. The Balaban J connectivity index is 1.20. The van der Waals surface area contributed by atoms with Gasteiger partial charge in [0.05, 0.1) is 49.5 Å². The Morgan fingerprint density at radius 1 is 1.00 bits per heavy atom. The fourth-order valence-corrected chi connectivity index (χ4v) is 5.18. The van der Waals surface area contributed by atoms with E-state index < -0.39 is 11.9 Å². The van der Waals surface area contributed by atoms with Crippen LogP contribution in [0.5, 0.6) is 0 Å². The fraction of sp³-hybridized carbons (Fsp3) is 0.419. The molecule has 44 heavy (non-hydrogen) atoms. The number of rotatable bonds is 15. The number of benzene rings is 2. The van der Waals surface area contributed by atoms with Crippen LogP contribution in [0, 0.1) is 0 Å². The lowest BCUT2D eigenvalue weighted by atomic mass is 10.0. The predicted molar refractivity (Wildman–Crippen MR) is 160 cm³/mol. The van der Waals surface area contributed by atoms with E-state index in [1.54, 1.807) is 24.3 Å². The Morgan fingerprint density at radius 3 is 2.55 bits per heavy atom. The van der Waals surface area contributed by atoms with Gasteiger partial charge in [-0.1, -0.05) is 19.1 Å². The molecule has 13 nitrogen and oxygen atoms in total. The summed E-state index contributed by atoms with van der Waals surface area (Å²) in [4.78, 5) is 60.6. The standard InChI is InChI=1S/C31H36N6O7/c1-2-11-42-13-15-44-16-14-43-12-10-32-29(39)22-4-3-5-24-27(22)28(34-19-33-24)35-21-7-6-20-18-37(31(41)23(20)17-21)25-8-9-26(38)36-30(25)40/h3-7,17,19,25H,2,8-16,18H2,1H3,(H,32,39)(H,33,34,35)(H,36,38,40). The molecule has 1 aromatic heterocycles. The van der Waals surface area contributed by atoms with Crippen LogP contribution in [0.25, 0.3) is 10.9 Å². The molecule has 0 bridgehead atoms. The van der Waals surface area contributed by atoms with Gasteiger partial charge in [-0.05, 0) is 42.7 Å². The van der Waals surface area contributed by atoms with E-state index in [1.807, 2.05) is 12.1 Å². The van der Waals surface area contributed by atoms with Gasteiger partial charge in [0.2, 0.25) is 11.8 Å². The third-order valence-electron chi connectivity index (χ3n) is 7.32. The van der Waals surface area contributed by atoms with Crippen LogP contribution in [0.1, 0.15) is 52.5 Å². The molecule has 2 aromatic carbocycles. The van der Waals surface area contributed by atoms with E-state index in [0.717, 1.165) is 18.6 Å². The van der Waals surface area contributed by atoms with Crippen LogP contribution >= 0.6 is 0 Å². The van der Waals surface area contributed by atoms with Gasteiger partial charge in [0, 0.05) is 37.4 Å². The Hall–Kier alpha value is -4.46. The molecule has 1 unspecified atom stereocenters. The number of fused-ring (bicyclic) bond motifs is 2. The number of carbonyl (C=O) groups is 4. The number of nitrogens with one attached hydrogen (secondary N) is 3. The lowest BCUT2D eigenvalue weighted by Crippen LogP contribution is -2.52. The molecule has 0 aliphatic carbocycles. The Morgan fingerprint density at radius 2 is 1.77 bits per heavy atom. The van der Waals surface area contributed by atoms with Crippen molar-refractivity contribution in [2.45, 2.75) is 38.8 Å². The van der Waals surface area contributed by atoms with Crippen molar-refractivity contribution in [3.63, 3.8) is 0 Å². The Kier molecular flexibility index (Phi) is 10.4. The molecule has 1 atom stereocenters. The zero-order chi connectivity index (χ0) is 30.9. The fourth-order valence-electron chi connectivity index (χ4n) is 5.18. The quantitative estimate of drug-likeness (QED) is 0.173. The van der Waals surface area contributed by atoms with Gasteiger partial charge >= 0.3 is 0 Å². The number of carbonyl (C=O) groups excluding carboxylic acids is 4. The molecular weight excluding hydrogens is 568 g/mol. The first-order valence-electron chi connectivity index (χ1n) is 14.8. The van der Waals surface area contributed by atoms with Crippen LogP contribution in [0.4, 0.5) is 11.5 Å². The van der Waals surface area contributed by atoms with E-state index >= 15 is 0 Å². The molecule has 1 saturated heterocycles. The first kappa shape index (κ1) is 31.0. The van der Waals surface area contributed by atoms with Gasteiger partial charge in [-0.2, -0.15) is 0 Å². The molecule has 3 heterocycles. The molecule has 5 rings (SSSR count). The second-order valence-corrected chi connectivity index (χ2v) is 10.4. The first-order valence-corrected chi connectivity index (χ1v) is 14.8. The first-order chi connectivity index (χ1) is 21.5. The van der Waals surface area contributed by atoms with Crippen molar-refractivity contribution < 1.29 is 33.4 Å². The lowest BCUT2D eigenvalue weighted by Gasteiger charge is -2.29. The summed E-state index contributed by atoms with van der Waals surface area (Å²) in [6, 6.07) is 9.90. The van der Waals surface area contributed by atoms with Gasteiger partial charge < -0.3 is 29.7 Å². The molecule has 0 spiro atoms. The van der Waals surface area contributed by atoms with Gasteiger partial charge in [-0.15, -0.1) is 0 Å². The molecule has 2 aliphatic rings. The minimum Gasteiger partial charge on any atom is -0.379 e. The number of hydrogen-bond acceptors (Lipinski definition) is 10. The second kappa shape index (κ2) is 14.8. The second-order valence-electron chi connectivity index (χ2n) is 10.4. The van der Waals surface area contributed by atoms with E-state index in [-0.39, 0.29) is 30.7 Å². The highest BCUT2D eigenvalue weighted by Gasteiger charge is 2.39. The maximum absolute atomic E-state index is 13.3. The molecule has 232 valence electrons. The largest absolute Gasteiger partial charge is 0.379 e. The van der Waals surface area contributed by atoms with Crippen LogP contribution in [-0.4, -0.2) is 90.7 Å². The molecule has 3 N–H and O–H groups in total. The number of amides is 4. The van der Waals surface area contributed by atoms with Crippen molar-refractivity contribution in [1.29, 1.82) is 0 Å². The zero-order valence-electron chi connectivity index (χ0n) is 24.6. The van der Waals surface area contributed by atoms with Crippen molar-refractivity contribution in [1.82, 2.24) is 25.5 Å². The summed E-state index contributed by atoms with van der Waals surface area (Å²) in [5.41, 5.74) is 2.80. The summed E-state index contributed by atoms with van der Waals surface area (Å²) in [6.45, 7) is 5.63. The van der Waals surface area contributed by atoms with Gasteiger partial charge in [0.1, 0.15) is 18.2 Å².